The van der Waals surface area contributed by atoms with Gasteiger partial charge in [0.25, 0.3) is 5.91 Å². The van der Waals surface area contributed by atoms with Crippen molar-refractivity contribution in [2.45, 2.75) is 59.7 Å². The quantitative estimate of drug-likeness (QED) is 0.296. The zero-order chi connectivity index (χ0) is 28.7. The van der Waals surface area contributed by atoms with Crippen LogP contribution in [0.25, 0.3) is 5.69 Å². The van der Waals surface area contributed by atoms with Gasteiger partial charge in [-0.25, -0.2) is 9.67 Å². The van der Waals surface area contributed by atoms with Crippen LogP contribution in [0.5, 0.6) is 0 Å². The predicted octanol–water partition coefficient (Wildman–Crippen LogP) is 5.79. The predicted molar refractivity (Wildman–Crippen MR) is 142 cm³/mol. The maximum Gasteiger partial charge on any atom is 0.419 e. The number of nitrogens with zero attached hydrogens (tertiary/aromatic N) is 3. The van der Waals surface area contributed by atoms with E-state index in [1.165, 1.54) is 10.9 Å². The van der Waals surface area contributed by atoms with Crippen LogP contribution in [0.2, 0.25) is 0 Å². The molecule has 11 heteroatoms. The summed E-state index contributed by atoms with van der Waals surface area (Å²) in [4.78, 5) is 28.2. The van der Waals surface area contributed by atoms with Gasteiger partial charge in [-0.3, -0.25) is 9.59 Å². The van der Waals surface area contributed by atoms with Crippen LogP contribution in [0.3, 0.4) is 0 Å². The van der Waals surface area contributed by atoms with E-state index in [1.807, 2.05) is 26.0 Å². The minimum atomic E-state index is -4.46. The van der Waals surface area contributed by atoms with Crippen molar-refractivity contribution in [3.63, 3.8) is 0 Å². The average molecular weight is 546 g/mol. The molecule has 3 aromatic rings. The fourth-order valence-electron chi connectivity index (χ4n) is 4.30. The molecule has 1 amide bonds. The Morgan fingerprint density at radius 3 is 2.33 bits per heavy atom. The molecule has 1 atom stereocenters. The van der Waals surface area contributed by atoms with Crippen LogP contribution < -0.4 is 10.6 Å². The number of pyridine rings is 1. The normalized spacial score (nSPS) is 12.3. The third-order valence-corrected chi connectivity index (χ3v) is 6.03. The number of amides is 1. The summed E-state index contributed by atoms with van der Waals surface area (Å²) in [5.74, 6) is 0.199. The van der Waals surface area contributed by atoms with Gasteiger partial charge in [-0.05, 0) is 61.9 Å². The number of hydrogen-bond donors (Lipinski definition) is 2. The highest BCUT2D eigenvalue weighted by atomic mass is 19.4. The van der Waals surface area contributed by atoms with Gasteiger partial charge in [0.1, 0.15) is 5.82 Å². The highest BCUT2D eigenvalue weighted by molar-refractivity contribution is 5.94. The van der Waals surface area contributed by atoms with Gasteiger partial charge in [0.2, 0.25) is 0 Å². The maximum atomic E-state index is 13.1. The monoisotopic (exact) mass is 545 g/mol. The summed E-state index contributed by atoms with van der Waals surface area (Å²) in [5.41, 5.74) is 2.72. The van der Waals surface area contributed by atoms with Crippen LogP contribution in [-0.4, -0.2) is 39.8 Å². The SMILES string of the molecule is CCOC(=O)CCNC(=O)c1ccc(NC(CC(C)C)c2cc(C)c(-n3cc(C(F)(F)F)cn3)c(C)c2)nc1. The molecule has 210 valence electrons. The zero-order valence-corrected chi connectivity index (χ0v) is 22.7. The molecule has 2 heterocycles. The summed E-state index contributed by atoms with van der Waals surface area (Å²) in [6.45, 7) is 10.1. The number of hydrogen-bond acceptors (Lipinski definition) is 6. The molecule has 0 bridgehead atoms. The van der Waals surface area contributed by atoms with Crippen molar-refractivity contribution < 1.29 is 27.5 Å². The molecule has 0 aliphatic carbocycles. The fourth-order valence-corrected chi connectivity index (χ4v) is 4.30. The standard InChI is InChI=1S/C28H34F3N5O3/c1-6-39-25(37)9-10-32-27(38)20-7-8-24(33-14-20)35-23(11-17(2)3)21-12-18(4)26(19(5)13-21)36-16-22(15-34-36)28(29,30)31/h7-8,12-17,23H,6,9-11H2,1-5H3,(H,32,38)(H,33,35). The Balaban J connectivity index is 1.76. The average Bonchev–Trinajstić information content (AvgIpc) is 3.34. The summed E-state index contributed by atoms with van der Waals surface area (Å²) in [6.07, 6.45) is -0.313. The Morgan fingerprint density at radius 2 is 1.79 bits per heavy atom. The van der Waals surface area contributed by atoms with Gasteiger partial charge >= 0.3 is 12.1 Å². The van der Waals surface area contributed by atoms with Crippen molar-refractivity contribution in [2.75, 3.05) is 18.5 Å². The van der Waals surface area contributed by atoms with Gasteiger partial charge in [0.15, 0.2) is 0 Å². The zero-order valence-electron chi connectivity index (χ0n) is 22.7. The molecule has 0 aliphatic heterocycles. The van der Waals surface area contributed by atoms with E-state index in [2.05, 4.69) is 34.6 Å². The number of ether oxygens (including phenoxy) is 1. The first-order valence-corrected chi connectivity index (χ1v) is 12.8. The van der Waals surface area contributed by atoms with E-state index in [-0.39, 0.29) is 30.9 Å². The summed E-state index contributed by atoms with van der Waals surface area (Å²) in [7, 11) is 0. The molecule has 0 fully saturated rings. The molecule has 0 aliphatic rings. The van der Waals surface area contributed by atoms with E-state index in [9.17, 15) is 22.8 Å². The fraction of sp³-hybridized carbons (Fsp3) is 0.429. The second-order valence-corrected chi connectivity index (χ2v) is 9.74. The van der Waals surface area contributed by atoms with Crippen molar-refractivity contribution in [2.24, 2.45) is 5.92 Å². The number of nitrogens with one attached hydrogen (secondary N) is 2. The summed E-state index contributed by atoms with van der Waals surface area (Å²) >= 11 is 0. The molecule has 1 unspecified atom stereocenters. The number of carbonyl (C=O) groups excluding carboxylic acids is 2. The molecule has 2 N–H and O–H groups in total. The van der Waals surface area contributed by atoms with Crippen molar-refractivity contribution in [1.82, 2.24) is 20.1 Å². The lowest BCUT2D eigenvalue weighted by Crippen LogP contribution is -2.26. The number of halogens is 3. The molecule has 1 aromatic carbocycles. The van der Waals surface area contributed by atoms with Gasteiger partial charge in [-0.2, -0.15) is 18.3 Å². The van der Waals surface area contributed by atoms with Gasteiger partial charge in [0, 0.05) is 18.9 Å². The molecule has 8 nitrogen and oxygen atoms in total. The topological polar surface area (TPSA) is 98.1 Å². The second-order valence-electron chi connectivity index (χ2n) is 9.74. The number of carbonyl (C=O) groups is 2. The van der Waals surface area contributed by atoms with E-state index in [0.29, 0.717) is 29.6 Å². The third kappa shape index (κ3) is 8.05. The van der Waals surface area contributed by atoms with Crippen molar-refractivity contribution >= 4 is 17.7 Å². The number of aryl methyl sites for hydroxylation is 2. The second kappa shape index (κ2) is 12.8. The minimum Gasteiger partial charge on any atom is -0.466 e. The number of benzene rings is 1. The van der Waals surface area contributed by atoms with E-state index in [4.69, 9.17) is 4.74 Å². The lowest BCUT2D eigenvalue weighted by atomic mass is 9.93. The Morgan fingerprint density at radius 1 is 1.10 bits per heavy atom. The maximum absolute atomic E-state index is 13.1. The molecule has 0 radical (unpaired) electrons. The van der Waals surface area contributed by atoms with Gasteiger partial charge in [0.05, 0.1) is 42.1 Å². The number of anilines is 1. The summed E-state index contributed by atoms with van der Waals surface area (Å²) < 4.78 is 45.4. The van der Waals surface area contributed by atoms with Crippen LogP contribution in [0.15, 0.2) is 42.9 Å². The lowest BCUT2D eigenvalue weighted by molar-refractivity contribution is -0.143. The van der Waals surface area contributed by atoms with E-state index in [0.717, 1.165) is 35.5 Å². The Kier molecular flexibility index (Phi) is 9.71. The summed E-state index contributed by atoms with van der Waals surface area (Å²) in [6, 6.07) is 7.13. The van der Waals surface area contributed by atoms with E-state index in [1.54, 1.807) is 19.1 Å². The van der Waals surface area contributed by atoms with Crippen LogP contribution >= 0.6 is 0 Å². The molecule has 0 spiro atoms. The highest BCUT2D eigenvalue weighted by Gasteiger charge is 2.32. The molecule has 0 saturated heterocycles. The number of alkyl halides is 3. The Bertz CT molecular complexity index is 1260. The molecule has 0 saturated carbocycles. The van der Waals surface area contributed by atoms with E-state index < -0.39 is 11.7 Å². The first-order chi connectivity index (χ1) is 18.4. The number of rotatable bonds is 11. The lowest BCUT2D eigenvalue weighted by Gasteiger charge is -2.24. The molecule has 3 rings (SSSR count). The van der Waals surface area contributed by atoms with Crippen LogP contribution in [0.1, 0.15) is 72.3 Å². The summed E-state index contributed by atoms with van der Waals surface area (Å²) in [5, 5.41) is 10.0. The van der Waals surface area contributed by atoms with Crippen LogP contribution in [0.4, 0.5) is 19.0 Å². The van der Waals surface area contributed by atoms with Crippen molar-refractivity contribution in [1.29, 1.82) is 0 Å². The smallest absolute Gasteiger partial charge is 0.419 e. The molecular weight excluding hydrogens is 511 g/mol. The van der Waals surface area contributed by atoms with Gasteiger partial charge < -0.3 is 15.4 Å². The first kappa shape index (κ1) is 29.7. The first-order valence-electron chi connectivity index (χ1n) is 12.8. The largest absolute Gasteiger partial charge is 0.466 e. The Hall–Kier alpha value is -3.89. The Labute approximate surface area is 226 Å². The highest BCUT2D eigenvalue weighted by Crippen LogP contribution is 2.32. The molecular formula is C28H34F3N5O3. The van der Waals surface area contributed by atoms with Crippen molar-refractivity contribution in [3.8, 4) is 5.69 Å². The van der Waals surface area contributed by atoms with Gasteiger partial charge in [-0.15, -0.1) is 0 Å². The van der Waals surface area contributed by atoms with Crippen molar-refractivity contribution in [3.05, 3.63) is 70.7 Å². The molecule has 2 aromatic heterocycles. The van der Waals surface area contributed by atoms with Crippen LogP contribution in [0, 0.1) is 19.8 Å². The van der Waals surface area contributed by atoms with Crippen LogP contribution in [-0.2, 0) is 15.7 Å². The van der Waals surface area contributed by atoms with E-state index >= 15 is 0 Å². The molecule has 39 heavy (non-hydrogen) atoms. The number of aromatic nitrogens is 3. The van der Waals surface area contributed by atoms with Gasteiger partial charge in [-0.1, -0.05) is 26.0 Å². The third-order valence-electron chi connectivity index (χ3n) is 6.03. The minimum absolute atomic E-state index is 0.0883. The number of esters is 1.